The van der Waals surface area contributed by atoms with Crippen molar-refractivity contribution >= 4 is 11.5 Å². The van der Waals surface area contributed by atoms with Crippen molar-refractivity contribution < 1.29 is 9.47 Å². The zero-order chi connectivity index (χ0) is 16.1. The van der Waals surface area contributed by atoms with Crippen LogP contribution in [0, 0.1) is 0 Å². The van der Waals surface area contributed by atoms with Gasteiger partial charge in [-0.2, -0.15) is 5.10 Å². The van der Waals surface area contributed by atoms with E-state index in [0.29, 0.717) is 18.1 Å². The van der Waals surface area contributed by atoms with Gasteiger partial charge in [-0.15, -0.1) is 0 Å². The van der Waals surface area contributed by atoms with Crippen molar-refractivity contribution in [3.05, 3.63) is 36.8 Å². The molecule has 0 fully saturated rings. The highest BCUT2D eigenvalue weighted by molar-refractivity contribution is 5.70. The van der Waals surface area contributed by atoms with Crippen LogP contribution in [0.15, 0.2) is 36.8 Å². The van der Waals surface area contributed by atoms with Crippen LogP contribution in [0.3, 0.4) is 0 Å². The Labute approximate surface area is 134 Å². The molecule has 0 aliphatic carbocycles. The molecule has 0 aliphatic rings. The number of hydrogen-bond acceptors (Lipinski definition) is 6. The Morgan fingerprint density at radius 2 is 2.13 bits per heavy atom. The van der Waals surface area contributed by atoms with Crippen LogP contribution < -0.4 is 10.1 Å². The molecule has 1 aromatic carbocycles. The Bertz CT molecular complexity index is 787. The second kappa shape index (κ2) is 7.06. The standard InChI is InChI=1S/C16H19N5O2/c1-22-8-4-7-17-15-16-18-10-14(21(16)20-11-19-15)12-5-3-6-13(9-12)23-2/h3,5-6,9-11H,4,7-8H2,1-2H3,(H,17,19,20). The van der Waals surface area contributed by atoms with E-state index in [2.05, 4.69) is 20.4 Å². The number of nitrogens with one attached hydrogen (secondary N) is 1. The van der Waals surface area contributed by atoms with Crippen molar-refractivity contribution in [2.24, 2.45) is 0 Å². The van der Waals surface area contributed by atoms with E-state index in [-0.39, 0.29) is 0 Å². The quantitative estimate of drug-likeness (QED) is 0.674. The van der Waals surface area contributed by atoms with Crippen LogP contribution in [0.5, 0.6) is 5.75 Å². The molecule has 0 bridgehead atoms. The molecular weight excluding hydrogens is 294 g/mol. The predicted octanol–water partition coefficient (Wildman–Crippen LogP) is 2.25. The summed E-state index contributed by atoms with van der Waals surface area (Å²) in [6.45, 7) is 1.47. The molecule has 2 heterocycles. The maximum Gasteiger partial charge on any atom is 0.197 e. The Hall–Kier alpha value is -2.67. The number of rotatable bonds is 7. The molecule has 3 aromatic rings. The maximum atomic E-state index is 5.28. The van der Waals surface area contributed by atoms with E-state index in [1.54, 1.807) is 24.9 Å². The van der Waals surface area contributed by atoms with Crippen LogP contribution in [0.25, 0.3) is 16.9 Å². The van der Waals surface area contributed by atoms with Crippen molar-refractivity contribution in [1.29, 1.82) is 0 Å². The summed E-state index contributed by atoms with van der Waals surface area (Å²) in [6.07, 6.45) is 4.21. The minimum absolute atomic E-state index is 0.697. The van der Waals surface area contributed by atoms with E-state index in [1.165, 1.54) is 6.33 Å². The number of imidazole rings is 1. The van der Waals surface area contributed by atoms with Crippen LogP contribution in [-0.2, 0) is 4.74 Å². The third kappa shape index (κ3) is 3.24. The first kappa shape index (κ1) is 15.2. The third-order valence-corrected chi connectivity index (χ3v) is 3.49. The molecule has 0 saturated carbocycles. The molecule has 23 heavy (non-hydrogen) atoms. The van der Waals surface area contributed by atoms with E-state index in [9.17, 15) is 0 Å². The molecule has 0 aliphatic heterocycles. The lowest BCUT2D eigenvalue weighted by Gasteiger charge is -2.07. The number of anilines is 1. The highest BCUT2D eigenvalue weighted by atomic mass is 16.5. The van der Waals surface area contributed by atoms with E-state index in [4.69, 9.17) is 9.47 Å². The van der Waals surface area contributed by atoms with Crippen LogP contribution in [-0.4, -0.2) is 47.0 Å². The number of nitrogens with zero attached hydrogens (tertiary/aromatic N) is 4. The second-order valence-corrected chi connectivity index (χ2v) is 4.99. The molecule has 0 amide bonds. The SMILES string of the molecule is COCCCNc1ncnn2c(-c3cccc(OC)c3)cnc12. The molecule has 0 unspecified atom stereocenters. The number of hydrogen-bond donors (Lipinski definition) is 1. The van der Waals surface area contributed by atoms with Crippen LogP contribution in [0.1, 0.15) is 6.42 Å². The number of methoxy groups -OCH3 is 2. The van der Waals surface area contributed by atoms with E-state index in [0.717, 1.165) is 30.0 Å². The van der Waals surface area contributed by atoms with Crippen LogP contribution in [0.2, 0.25) is 0 Å². The summed E-state index contributed by atoms with van der Waals surface area (Å²) in [7, 11) is 3.34. The molecule has 0 radical (unpaired) electrons. The molecule has 120 valence electrons. The number of ether oxygens (including phenoxy) is 2. The highest BCUT2D eigenvalue weighted by Crippen LogP contribution is 2.25. The average molecular weight is 313 g/mol. The van der Waals surface area contributed by atoms with Gasteiger partial charge in [0.15, 0.2) is 11.5 Å². The molecule has 1 N–H and O–H groups in total. The normalized spacial score (nSPS) is 10.9. The minimum Gasteiger partial charge on any atom is -0.497 e. The van der Waals surface area contributed by atoms with Gasteiger partial charge in [0.1, 0.15) is 12.1 Å². The minimum atomic E-state index is 0.697. The molecular formula is C16H19N5O2. The van der Waals surface area contributed by atoms with E-state index in [1.807, 2.05) is 24.3 Å². The summed E-state index contributed by atoms with van der Waals surface area (Å²) in [5.74, 6) is 1.51. The van der Waals surface area contributed by atoms with Crippen LogP contribution >= 0.6 is 0 Å². The fourth-order valence-corrected chi connectivity index (χ4v) is 2.34. The molecule has 2 aromatic heterocycles. The number of fused-ring (bicyclic) bond motifs is 1. The Morgan fingerprint density at radius 1 is 1.22 bits per heavy atom. The third-order valence-electron chi connectivity index (χ3n) is 3.49. The van der Waals surface area contributed by atoms with Crippen molar-refractivity contribution in [1.82, 2.24) is 19.6 Å². The molecule has 0 spiro atoms. The first-order chi connectivity index (χ1) is 11.3. The molecule has 3 rings (SSSR count). The number of benzene rings is 1. The Balaban J connectivity index is 1.91. The summed E-state index contributed by atoms with van der Waals surface area (Å²) >= 11 is 0. The van der Waals surface area contributed by atoms with Gasteiger partial charge in [-0.3, -0.25) is 0 Å². The lowest BCUT2D eigenvalue weighted by atomic mass is 10.1. The average Bonchev–Trinajstić information content (AvgIpc) is 3.03. The first-order valence-electron chi connectivity index (χ1n) is 7.39. The van der Waals surface area contributed by atoms with E-state index < -0.39 is 0 Å². The van der Waals surface area contributed by atoms with E-state index >= 15 is 0 Å². The largest absolute Gasteiger partial charge is 0.497 e. The molecule has 0 saturated heterocycles. The fourth-order valence-electron chi connectivity index (χ4n) is 2.34. The summed E-state index contributed by atoms with van der Waals surface area (Å²) in [5, 5.41) is 7.59. The highest BCUT2D eigenvalue weighted by Gasteiger charge is 2.11. The summed E-state index contributed by atoms with van der Waals surface area (Å²) in [4.78, 5) is 8.73. The van der Waals surface area contributed by atoms with Crippen molar-refractivity contribution in [2.75, 3.05) is 32.7 Å². The molecule has 7 nitrogen and oxygen atoms in total. The monoisotopic (exact) mass is 313 g/mol. The van der Waals surface area contributed by atoms with Gasteiger partial charge in [0.25, 0.3) is 0 Å². The van der Waals surface area contributed by atoms with Gasteiger partial charge < -0.3 is 14.8 Å². The summed E-state index contributed by atoms with van der Waals surface area (Å²) in [6, 6.07) is 7.81. The van der Waals surface area contributed by atoms with Crippen molar-refractivity contribution in [3.63, 3.8) is 0 Å². The van der Waals surface area contributed by atoms with Gasteiger partial charge in [0, 0.05) is 25.8 Å². The smallest absolute Gasteiger partial charge is 0.197 e. The lowest BCUT2D eigenvalue weighted by Crippen LogP contribution is -2.08. The van der Waals surface area contributed by atoms with Gasteiger partial charge in [0.2, 0.25) is 0 Å². The first-order valence-corrected chi connectivity index (χ1v) is 7.39. The maximum absolute atomic E-state index is 5.28. The van der Waals surface area contributed by atoms with Gasteiger partial charge in [-0.1, -0.05) is 12.1 Å². The predicted molar refractivity (Wildman–Crippen MR) is 87.8 cm³/mol. The Morgan fingerprint density at radius 3 is 2.96 bits per heavy atom. The Kier molecular flexibility index (Phi) is 4.68. The molecule has 0 atom stereocenters. The van der Waals surface area contributed by atoms with Crippen molar-refractivity contribution in [2.45, 2.75) is 6.42 Å². The lowest BCUT2D eigenvalue weighted by molar-refractivity contribution is 0.198. The summed E-state index contributed by atoms with van der Waals surface area (Å²) in [5.41, 5.74) is 2.57. The zero-order valence-electron chi connectivity index (χ0n) is 13.2. The van der Waals surface area contributed by atoms with Gasteiger partial charge >= 0.3 is 0 Å². The fraction of sp³-hybridized carbons (Fsp3) is 0.312. The summed E-state index contributed by atoms with van der Waals surface area (Å²) < 4.78 is 12.1. The topological polar surface area (TPSA) is 73.6 Å². The zero-order valence-corrected chi connectivity index (χ0v) is 13.2. The van der Waals surface area contributed by atoms with Crippen LogP contribution in [0.4, 0.5) is 5.82 Å². The van der Waals surface area contributed by atoms with Crippen molar-refractivity contribution in [3.8, 4) is 17.0 Å². The van der Waals surface area contributed by atoms with Gasteiger partial charge in [-0.05, 0) is 18.6 Å². The van der Waals surface area contributed by atoms with Gasteiger partial charge in [0.05, 0.1) is 19.0 Å². The molecule has 7 heteroatoms. The second-order valence-electron chi connectivity index (χ2n) is 4.99. The van der Waals surface area contributed by atoms with Gasteiger partial charge in [-0.25, -0.2) is 14.5 Å². The number of aromatic nitrogens is 4.